The maximum atomic E-state index is 4.63. The molecular weight excluding hydrogens is 353 g/mol. The Morgan fingerprint density at radius 2 is 2.11 bits per heavy atom. The molecule has 0 aromatic carbocycles. The van der Waals surface area contributed by atoms with Crippen molar-refractivity contribution < 1.29 is 0 Å². The lowest BCUT2D eigenvalue weighted by molar-refractivity contribution is 0.763. The number of hydrogen-bond donors (Lipinski definition) is 1. The first-order valence-electron chi connectivity index (χ1n) is 6.45. The molecule has 19 heavy (non-hydrogen) atoms. The van der Waals surface area contributed by atoms with E-state index in [1.54, 1.807) is 0 Å². The molecule has 0 fully saturated rings. The van der Waals surface area contributed by atoms with Crippen molar-refractivity contribution in [3.05, 3.63) is 21.8 Å². The molecule has 0 saturated carbocycles. The van der Waals surface area contributed by atoms with Crippen molar-refractivity contribution in [3.63, 3.8) is 0 Å². The van der Waals surface area contributed by atoms with Crippen LogP contribution in [0.1, 0.15) is 26.0 Å². The second-order valence-corrected chi connectivity index (χ2v) is 5.37. The number of aromatic nitrogens is 4. The van der Waals surface area contributed by atoms with Gasteiger partial charge in [0, 0.05) is 13.1 Å². The van der Waals surface area contributed by atoms with E-state index in [2.05, 4.69) is 56.7 Å². The van der Waals surface area contributed by atoms with Crippen LogP contribution in [0.25, 0.3) is 11.5 Å². The minimum atomic E-state index is 0.732. The third kappa shape index (κ3) is 3.05. The number of halogens is 1. The lowest BCUT2D eigenvalue weighted by Crippen LogP contribution is -2.08. The summed E-state index contributed by atoms with van der Waals surface area (Å²) in [6, 6.07) is 0. The second kappa shape index (κ2) is 6.31. The van der Waals surface area contributed by atoms with E-state index >= 15 is 0 Å². The summed E-state index contributed by atoms with van der Waals surface area (Å²) in [6.07, 6.45) is 4.70. The Hall–Kier alpha value is -1.18. The van der Waals surface area contributed by atoms with Gasteiger partial charge in [0.2, 0.25) is 0 Å². The van der Waals surface area contributed by atoms with Gasteiger partial charge in [0.05, 0.1) is 21.8 Å². The first kappa shape index (κ1) is 14.2. The van der Waals surface area contributed by atoms with Gasteiger partial charge in [-0.15, -0.1) is 0 Å². The van der Waals surface area contributed by atoms with Crippen LogP contribution in [0.3, 0.4) is 0 Å². The average molecular weight is 371 g/mol. The zero-order valence-corrected chi connectivity index (χ0v) is 13.6. The van der Waals surface area contributed by atoms with Crippen LogP contribution in [0, 0.1) is 10.5 Å². The highest BCUT2D eigenvalue weighted by Gasteiger charge is 2.13. The highest BCUT2D eigenvalue weighted by Crippen LogP contribution is 2.23. The largest absolute Gasteiger partial charge is 0.369 e. The Bertz CT molecular complexity index is 564. The molecule has 0 aliphatic rings. The van der Waals surface area contributed by atoms with Crippen molar-refractivity contribution in [1.29, 1.82) is 0 Å². The van der Waals surface area contributed by atoms with E-state index in [4.69, 9.17) is 0 Å². The molecule has 1 N–H and O–H groups in total. The third-order valence-corrected chi connectivity index (χ3v) is 4.13. The Labute approximate surface area is 127 Å². The molecule has 0 aliphatic heterocycles. The Balaban J connectivity index is 2.44. The van der Waals surface area contributed by atoms with Crippen molar-refractivity contribution in [2.75, 3.05) is 11.9 Å². The lowest BCUT2D eigenvalue weighted by atomic mass is 10.3. The summed E-state index contributed by atoms with van der Waals surface area (Å²) >= 11 is 2.29. The van der Waals surface area contributed by atoms with Crippen molar-refractivity contribution in [2.24, 2.45) is 0 Å². The van der Waals surface area contributed by atoms with Gasteiger partial charge in [0.1, 0.15) is 11.5 Å². The molecule has 6 heteroatoms. The Kier molecular flexibility index (Phi) is 4.73. The second-order valence-electron chi connectivity index (χ2n) is 4.29. The topological polar surface area (TPSA) is 55.6 Å². The van der Waals surface area contributed by atoms with Gasteiger partial charge in [0.15, 0.2) is 5.82 Å². The molecule has 0 saturated heterocycles. The van der Waals surface area contributed by atoms with E-state index in [0.29, 0.717) is 0 Å². The highest BCUT2D eigenvalue weighted by atomic mass is 127. The zero-order chi connectivity index (χ0) is 13.8. The van der Waals surface area contributed by atoms with Gasteiger partial charge in [-0.2, -0.15) is 0 Å². The van der Waals surface area contributed by atoms with Crippen LogP contribution in [0.5, 0.6) is 0 Å². The Morgan fingerprint density at radius 3 is 2.79 bits per heavy atom. The quantitative estimate of drug-likeness (QED) is 0.821. The predicted molar refractivity (Wildman–Crippen MR) is 85.2 cm³/mol. The number of imidazole rings is 1. The van der Waals surface area contributed by atoms with Crippen LogP contribution < -0.4 is 5.32 Å². The summed E-state index contributed by atoms with van der Waals surface area (Å²) in [5.74, 6) is 1.64. The van der Waals surface area contributed by atoms with Crippen molar-refractivity contribution in [3.8, 4) is 11.5 Å². The molecule has 102 valence electrons. The fourth-order valence-corrected chi connectivity index (χ4v) is 2.23. The molecule has 0 spiro atoms. The fraction of sp³-hybridized carbons (Fsp3) is 0.462. The molecule has 2 aromatic rings. The monoisotopic (exact) mass is 371 g/mol. The van der Waals surface area contributed by atoms with Gasteiger partial charge >= 0.3 is 0 Å². The molecule has 0 bridgehead atoms. The molecule has 0 radical (unpaired) electrons. The van der Waals surface area contributed by atoms with E-state index in [1.165, 1.54) is 0 Å². The molecular formula is C13H18IN5. The van der Waals surface area contributed by atoms with Crippen LogP contribution in [-0.2, 0) is 6.54 Å². The van der Waals surface area contributed by atoms with Gasteiger partial charge in [-0.05, 0) is 42.9 Å². The van der Waals surface area contributed by atoms with Crippen LogP contribution in [0.4, 0.5) is 5.82 Å². The molecule has 0 unspecified atom stereocenters. The van der Waals surface area contributed by atoms with Crippen LogP contribution in [-0.4, -0.2) is 26.1 Å². The van der Waals surface area contributed by atoms with Crippen LogP contribution in [0.2, 0.25) is 0 Å². The number of nitrogens with zero attached hydrogens (tertiary/aromatic N) is 4. The first-order valence-corrected chi connectivity index (χ1v) is 7.53. The smallest absolute Gasteiger partial charge is 0.180 e. The SMILES string of the molecule is CCCNc1nc(-c2cncn2CC)nc(C)c1I. The maximum absolute atomic E-state index is 4.63. The van der Waals surface area contributed by atoms with E-state index < -0.39 is 0 Å². The number of nitrogens with one attached hydrogen (secondary N) is 1. The first-order chi connectivity index (χ1) is 9.17. The summed E-state index contributed by atoms with van der Waals surface area (Å²) in [6.45, 7) is 8.01. The number of hydrogen-bond acceptors (Lipinski definition) is 4. The molecule has 2 aromatic heterocycles. The highest BCUT2D eigenvalue weighted by molar-refractivity contribution is 14.1. The fourth-order valence-electron chi connectivity index (χ4n) is 1.79. The van der Waals surface area contributed by atoms with Gasteiger partial charge < -0.3 is 9.88 Å². The summed E-state index contributed by atoms with van der Waals surface area (Å²) in [4.78, 5) is 13.4. The number of rotatable bonds is 5. The van der Waals surface area contributed by atoms with E-state index in [9.17, 15) is 0 Å². The minimum Gasteiger partial charge on any atom is -0.369 e. The average Bonchev–Trinajstić information content (AvgIpc) is 2.88. The van der Waals surface area contributed by atoms with Crippen molar-refractivity contribution in [1.82, 2.24) is 19.5 Å². The van der Waals surface area contributed by atoms with Gasteiger partial charge in [-0.3, -0.25) is 0 Å². The summed E-state index contributed by atoms with van der Waals surface area (Å²) in [5, 5.41) is 3.35. The molecule has 0 aliphatic carbocycles. The summed E-state index contributed by atoms with van der Waals surface area (Å²) in [5.41, 5.74) is 1.95. The van der Waals surface area contributed by atoms with E-state index in [0.717, 1.165) is 46.1 Å². The molecule has 5 nitrogen and oxygen atoms in total. The predicted octanol–water partition coefficient (Wildman–Crippen LogP) is 3.09. The Morgan fingerprint density at radius 1 is 1.32 bits per heavy atom. The van der Waals surface area contributed by atoms with Crippen LogP contribution in [0.15, 0.2) is 12.5 Å². The molecule has 0 amide bonds. The molecule has 2 heterocycles. The summed E-state index contributed by atoms with van der Waals surface area (Å²) in [7, 11) is 0. The third-order valence-electron chi connectivity index (χ3n) is 2.84. The van der Waals surface area contributed by atoms with E-state index in [1.807, 2.05) is 24.0 Å². The van der Waals surface area contributed by atoms with Crippen molar-refractivity contribution >= 4 is 28.4 Å². The molecule has 2 rings (SSSR count). The molecule has 0 atom stereocenters. The lowest BCUT2D eigenvalue weighted by Gasteiger charge is -2.11. The number of aryl methyl sites for hydroxylation is 2. The number of anilines is 1. The minimum absolute atomic E-state index is 0.732. The standard InChI is InChI=1S/C13H18IN5/c1-4-6-16-13-11(14)9(3)17-12(18-13)10-7-15-8-19(10)5-2/h7-8H,4-6H2,1-3H3,(H,16,17,18). The van der Waals surface area contributed by atoms with Gasteiger partial charge in [-0.1, -0.05) is 6.92 Å². The van der Waals surface area contributed by atoms with Crippen molar-refractivity contribution in [2.45, 2.75) is 33.7 Å². The van der Waals surface area contributed by atoms with Gasteiger partial charge in [-0.25, -0.2) is 15.0 Å². The normalized spacial score (nSPS) is 10.7. The summed E-state index contributed by atoms with van der Waals surface area (Å²) < 4.78 is 3.13. The maximum Gasteiger partial charge on any atom is 0.180 e. The zero-order valence-electron chi connectivity index (χ0n) is 11.4. The van der Waals surface area contributed by atoms with Gasteiger partial charge in [0.25, 0.3) is 0 Å². The van der Waals surface area contributed by atoms with E-state index in [-0.39, 0.29) is 0 Å². The van der Waals surface area contributed by atoms with Crippen LogP contribution >= 0.6 is 22.6 Å².